The quantitative estimate of drug-likeness (QED) is 0.843. The van der Waals surface area contributed by atoms with Gasteiger partial charge in [-0.05, 0) is 6.07 Å². The molecular formula is C17H19ClN2O2S. The van der Waals surface area contributed by atoms with Gasteiger partial charge in [-0.3, -0.25) is 4.90 Å². The molecule has 0 saturated carbocycles. The zero-order valence-electron chi connectivity index (χ0n) is 12.8. The van der Waals surface area contributed by atoms with Gasteiger partial charge in [-0.2, -0.15) is 0 Å². The van der Waals surface area contributed by atoms with Gasteiger partial charge in [0, 0.05) is 43.4 Å². The molecule has 3 heterocycles. The van der Waals surface area contributed by atoms with Crippen molar-refractivity contribution in [3.63, 3.8) is 0 Å². The lowest BCUT2D eigenvalue weighted by Gasteiger charge is -2.37. The standard InChI is InChI=1S/C17H19ClN2O2S/c18-15-4-2-1-3-14(15)16-19-13(12-23-16)11-20-7-5-17(6-8-20)21-9-10-22-17/h1-4,12H,5-11H2. The van der Waals surface area contributed by atoms with Gasteiger partial charge in [-0.15, -0.1) is 11.3 Å². The SMILES string of the molecule is Clc1ccccc1-c1nc(CN2CCC3(CC2)OCCO3)cs1. The average molecular weight is 351 g/mol. The molecule has 0 unspecified atom stereocenters. The first-order valence-corrected chi connectivity index (χ1v) is 9.19. The minimum atomic E-state index is -0.304. The summed E-state index contributed by atoms with van der Waals surface area (Å²) in [6.45, 7) is 4.30. The van der Waals surface area contributed by atoms with Crippen LogP contribution in [0.1, 0.15) is 18.5 Å². The summed E-state index contributed by atoms with van der Waals surface area (Å²) < 4.78 is 11.6. The van der Waals surface area contributed by atoms with E-state index in [2.05, 4.69) is 10.3 Å². The predicted octanol–water partition coefficient (Wildman–Crippen LogP) is 3.80. The summed E-state index contributed by atoms with van der Waals surface area (Å²) in [6, 6.07) is 7.86. The normalized spacial score (nSPS) is 21.1. The number of aromatic nitrogens is 1. The number of halogens is 1. The van der Waals surface area contributed by atoms with E-state index in [4.69, 9.17) is 26.1 Å². The Labute approximate surface area is 145 Å². The third-order valence-electron chi connectivity index (χ3n) is 4.47. The number of ether oxygens (including phenoxy) is 2. The van der Waals surface area contributed by atoms with Crippen molar-refractivity contribution >= 4 is 22.9 Å². The number of nitrogens with zero attached hydrogens (tertiary/aromatic N) is 2. The Balaban J connectivity index is 1.40. The van der Waals surface area contributed by atoms with Gasteiger partial charge in [-0.1, -0.05) is 29.8 Å². The lowest BCUT2D eigenvalue weighted by Crippen LogP contribution is -2.44. The van der Waals surface area contributed by atoms with E-state index in [0.29, 0.717) is 0 Å². The molecule has 0 atom stereocenters. The van der Waals surface area contributed by atoms with Crippen molar-refractivity contribution < 1.29 is 9.47 Å². The number of piperidine rings is 1. The number of hydrogen-bond acceptors (Lipinski definition) is 5. The minimum Gasteiger partial charge on any atom is -0.347 e. The molecule has 23 heavy (non-hydrogen) atoms. The predicted molar refractivity (Wildman–Crippen MR) is 91.7 cm³/mol. The van der Waals surface area contributed by atoms with Gasteiger partial charge in [-0.25, -0.2) is 4.98 Å². The zero-order chi connectivity index (χ0) is 15.7. The first-order valence-electron chi connectivity index (χ1n) is 7.94. The fourth-order valence-electron chi connectivity index (χ4n) is 3.20. The van der Waals surface area contributed by atoms with E-state index >= 15 is 0 Å². The van der Waals surface area contributed by atoms with E-state index < -0.39 is 0 Å². The summed E-state index contributed by atoms with van der Waals surface area (Å²) in [5.74, 6) is -0.304. The van der Waals surface area contributed by atoms with Crippen LogP contribution in [0.3, 0.4) is 0 Å². The third kappa shape index (κ3) is 3.30. The Morgan fingerprint density at radius 1 is 1.17 bits per heavy atom. The molecule has 2 saturated heterocycles. The Bertz CT molecular complexity index is 675. The van der Waals surface area contributed by atoms with E-state index in [9.17, 15) is 0 Å². The van der Waals surface area contributed by atoms with Crippen molar-refractivity contribution in [2.75, 3.05) is 26.3 Å². The summed E-state index contributed by atoms with van der Waals surface area (Å²) in [5, 5.41) is 3.87. The number of benzene rings is 1. The van der Waals surface area contributed by atoms with Crippen molar-refractivity contribution in [1.29, 1.82) is 0 Å². The van der Waals surface area contributed by atoms with Crippen LogP contribution in [0.25, 0.3) is 10.6 Å². The Morgan fingerprint density at radius 2 is 1.91 bits per heavy atom. The van der Waals surface area contributed by atoms with Crippen LogP contribution in [0.5, 0.6) is 0 Å². The van der Waals surface area contributed by atoms with Crippen LogP contribution in [0.2, 0.25) is 5.02 Å². The Hall–Kier alpha value is -0.980. The molecule has 0 aliphatic carbocycles. The summed E-state index contributed by atoms with van der Waals surface area (Å²) in [5.41, 5.74) is 2.12. The first kappa shape index (κ1) is 15.5. The second kappa shape index (κ2) is 6.49. The highest BCUT2D eigenvalue weighted by Crippen LogP contribution is 2.33. The first-order chi connectivity index (χ1) is 11.2. The molecule has 1 aromatic heterocycles. The fraction of sp³-hybridized carbons (Fsp3) is 0.471. The number of hydrogen-bond donors (Lipinski definition) is 0. The maximum atomic E-state index is 6.26. The molecule has 2 fully saturated rings. The molecule has 4 rings (SSSR count). The van der Waals surface area contributed by atoms with Crippen molar-refractivity contribution in [2.24, 2.45) is 0 Å². The average Bonchev–Trinajstić information content (AvgIpc) is 3.20. The monoisotopic (exact) mass is 350 g/mol. The van der Waals surface area contributed by atoms with Gasteiger partial charge in [0.25, 0.3) is 0 Å². The molecule has 0 bridgehead atoms. The summed E-state index contributed by atoms with van der Waals surface area (Å²) in [4.78, 5) is 7.17. The van der Waals surface area contributed by atoms with Crippen LogP contribution in [0, 0.1) is 0 Å². The number of rotatable bonds is 3. The fourth-order valence-corrected chi connectivity index (χ4v) is 4.34. The molecule has 0 amide bonds. The molecule has 122 valence electrons. The molecular weight excluding hydrogens is 332 g/mol. The van der Waals surface area contributed by atoms with Gasteiger partial charge < -0.3 is 9.47 Å². The van der Waals surface area contributed by atoms with E-state index in [0.717, 1.165) is 67.0 Å². The molecule has 2 aliphatic rings. The maximum absolute atomic E-state index is 6.26. The molecule has 2 aromatic rings. The Morgan fingerprint density at radius 3 is 2.65 bits per heavy atom. The molecule has 1 aromatic carbocycles. The van der Waals surface area contributed by atoms with Gasteiger partial charge in [0.2, 0.25) is 0 Å². The van der Waals surface area contributed by atoms with Crippen LogP contribution < -0.4 is 0 Å². The van der Waals surface area contributed by atoms with Crippen molar-refractivity contribution in [2.45, 2.75) is 25.2 Å². The zero-order valence-corrected chi connectivity index (χ0v) is 14.4. The minimum absolute atomic E-state index is 0.304. The highest BCUT2D eigenvalue weighted by Gasteiger charge is 2.39. The number of thiazole rings is 1. The second-order valence-electron chi connectivity index (χ2n) is 6.01. The summed E-state index contributed by atoms with van der Waals surface area (Å²) >= 11 is 7.91. The lowest BCUT2D eigenvalue weighted by atomic mass is 10.0. The van der Waals surface area contributed by atoms with Crippen LogP contribution >= 0.6 is 22.9 Å². The van der Waals surface area contributed by atoms with Crippen molar-refractivity contribution in [3.05, 3.63) is 40.4 Å². The van der Waals surface area contributed by atoms with E-state index in [1.165, 1.54) is 0 Å². The maximum Gasteiger partial charge on any atom is 0.170 e. The summed E-state index contributed by atoms with van der Waals surface area (Å²) in [7, 11) is 0. The highest BCUT2D eigenvalue weighted by molar-refractivity contribution is 7.13. The van der Waals surface area contributed by atoms with Gasteiger partial charge >= 0.3 is 0 Å². The van der Waals surface area contributed by atoms with Gasteiger partial charge in [0.05, 0.1) is 23.9 Å². The topological polar surface area (TPSA) is 34.6 Å². The van der Waals surface area contributed by atoms with Crippen LogP contribution in [-0.4, -0.2) is 42.0 Å². The summed E-state index contributed by atoms with van der Waals surface area (Å²) in [6.07, 6.45) is 1.88. The molecule has 0 N–H and O–H groups in total. The van der Waals surface area contributed by atoms with Gasteiger partial charge in [0.15, 0.2) is 5.79 Å². The molecule has 1 spiro atoms. The van der Waals surface area contributed by atoms with Crippen LogP contribution in [0.15, 0.2) is 29.6 Å². The smallest absolute Gasteiger partial charge is 0.170 e. The van der Waals surface area contributed by atoms with Crippen LogP contribution in [0.4, 0.5) is 0 Å². The van der Waals surface area contributed by atoms with Crippen LogP contribution in [-0.2, 0) is 16.0 Å². The highest BCUT2D eigenvalue weighted by atomic mass is 35.5. The second-order valence-corrected chi connectivity index (χ2v) is 7.27. The third-order valence-corrected chi connectivity index (χ3v) is 5.73. The number of likely N-dealkylation sites (tertiary alicyclic amines) is 1. The molecule has 2 aliphatic heterocycles. The van der Waals surface area contributed by atoms with E-state index in [1.54, 1.807) is 11.3 Å². The molecule has 0 radical (unpaired) electrons. The van der Waals surface area contributed by atoms with Crippen molar-refractivity contribution in [3.8, 4) is 10.6 Å². The molecule has 4 nitrogen and oxygen atoms in total. The van der Waals surface area contributed by atoms with Gasteiger partial charge in [0.1, 0.15) is 5.01 Å². The van der Waals surface area contributed by atoms with E-state index in [1.807, 2.05) is 24.3 Å². The molecule has 6 heteroatoms. The largest absolute Gasteiger partial charge is 0.347 e. The van der Waals surface area contributed by atoms with Crippen molar-refractivity contribution in [1.82, 2.24) is 9.88 Å². The van der Waals surface area contributed by atoms with E-state index in [-0.39, 0.29) is 5.79 Å². The Kier molecular flexibility index (Phi) is 4.39. The lowest BCUT2D eigenvalue weighted by molar-refractivity contribution is -0.185.